The molecule has 0 radical (unpaired) electrons. The smallest absolute Gasteiger partial charge is 0.199 e. The lowest BCUT2D eigenvalue weighted by molar-refractivity contribution is -0.443. The van der Waals surface area contributed by atoms with Crippen LogP contribution in [0.2, 0.25) is 0 Å². The van der Waals surface area contributed by atoms with Crippen LogP contribution in [0, 0.1) is 23.7 Å². The maximum Gasteiger partial charge on any atom is 0.460 e. The van der Waals surface area contributed by atoms with Crippen LogP contribution in [0.4, 0.5) is 57.1 Å². The molecule has 0 bridgehead atoms. The Hall–Kier alpha value is -0.910. The van der Waals surface area contributed by atoms with E-state index in [0.29, 0.717) is 18.3 Å². The molecule has 2 aliphatic rings. The first-order valence-electron chi connectivity index (χ1n) is 12.2. The SMILES string of the molecule is CCC[C@H]1CC[C@H](CC[C@H]2CC[C@H](C(F)(F)C(F)(F)C(F)(F)C(F)(F)C(F)(F)C(F)(F)F)CC2)CC1. The summed E-state index contributed by atoms with van der Waals surface area (Å²) in [7, 11) is 0. The van der Waals surface area contributed by atoms with E-state index in [9.17, 15) is 57.1 Å². The van der Waals surface area contributed by atoms with Crippen LogP contribution in [0.25, 0.3) is 0 Å². The van der Waals surface area contributed by atoms with Crippen molar-refractivity contribution in [1.82, 2.24) is 0 Å². The van der Waals surface area contributed by atoms with E-state index in [1.165, 1.54) is 0 Å². The Balaban J connectivity index is 2.01. The zero-order chi connectivity index (χ0) is 27.8. The summed E-state index contributed by atoms with van der Waals surface area (Å²) >= 11 is 0. The van der Waals surface area contributed by atoms with E-state index < -0.39 is 54.5 Å². The van der Waals surface area contributed by atoms with Crippen LogP contribution in [-0.2, 0) is 0 Å². The van der Waals surface area contributed by atoms with Gasteiger partial charge in [-0.2, -0.15) is 57.1 Å². The maximum atomic E-state index is 14.4. The second-order valence-corrected chi connectivity index (χ2v) is 10.4. The van der Waals surface area contributed by atoms with Crippen LogP contribution < -0.4 is 0 Å². The summed E-state index contributed by atoms with van der Waals surface area (Å²) in [5.41, 5.74) is 0. The van der Waals surface area contributed by atoms with Crippen LogP contribution in [0.5, 0.6) is 0 Å². The van der Waals surface area contributed by atoms with Crippen molar-refractivity contribution in [3.05, 3.63) is 0 Å². The molecule has 0 N–H and O–H groups in total. The molecule has 0 spiro atoms. The van der Waals surface area contributed by atoms with Gasteiger partial charge in [-0.25, -0.2) is 0 Å². The molecule has 0 atom stereocenters. The Kier molecular flexibility index (Phi) is 9.30. The van der Waals surface area contributed by atoms with Crippen molar-refractivity contribution in [2.45, 2.75) is 120 Å². The minimum Gasteiger partial charge on any atom is -0.199 e. The highest BCUT2D eigenvalue weighted by atomic mass is 19.4. The Morgan fingerprint density at radius 3 is 1.14 bits per heavy atom. The fourth-order valence-electron chi connectivity index (χ4n) is 5.54. The number of alkyl halides is 13. The third-order valence-electron chi connectivity index (χ3n) is 7.96. The minimum absolute atomic E-state index is 0.0950. The third-order valence-corrected chi connectivity index (χ3v) is 7.96. The second-order valence-electron chi connectivity index (χ2n) is 10.4. The third kappa shape index (κ3) is 5.59. The molecule has 2 fully saturated rings. The number of hydrogen-bond acceptors (Lipinski definition) is 0. The topological polar surface area (TPSA) is 0 Å². The predicted molar refractivity (Wildman–Crippen MR) is 106 cm³/mol. The van der Waals surface area contributed by atoms with Gasteiger partial charge in [-0.15, -0.1) is 0 Å². The Morgan fingerprint density at radius 2 is 0.778 bits per heavy atom. The fourth-order valence-corrected chi connectivity index (χ4v) is 5.54. The summed E-state index contributed by atoms with van der Waals surface area (Å²) < 4.78 is 174. The van der Waals surface area contributed by atoms with Crippen molar-refractivity contribution in [3.8, 4) is 0 Å². The molecule has 0 aliphatic heterocycles. The van der Waals surface area contributed by atoms with E-state index in [1.807, 2.05) is 0 Å². The number of halogens is 13. The van der Waals surface area contributed by atoms with Gasteiger partial charge >= 0.3 is 35.8 Å². The van der Waals surface area contributed by atoms with Gasteiger partial charge in [0, 0.05) is 5.92 Å². The highest BCUT2D eigenvalue weighted by Gasteiger charge is 2.91. The van der Waals surface area contributed by atoms with Gasteiger partial charge in [-0.1, -0.05) is 58.3 Å². The van der Waals surface area contributed by atoms with Gasteiger partial charge in [-0.05, 0) is 43.4 Å². The average molecular weight is 554 g/mol. The lowest BCUT2D eigenvalue weighted by Gasteiger charge is -2.43. The first kappa shape index (κ1) is 31.3. The number of hydrogen-bond donors (Lipinski definition) is 0. The van der Waals surface area contributed by atoms with Crippen molar-refractivity contribution < 1.29 is 57.1 Å². The summed E-state index contributed by atoms with van der Waals surface area (Å²) in [6.45, 7) is 2.10. The fraction of sp³-hybridized carbons (Fsp3) is 1.00. The van der Waals surface area contributed by atoms with Gasteiger partial charge in [0.1, 0.15) is 0 Å². The van der Waals surface area contributed by atoms with Crippen LogP contribution in [0.3, 0.4) is 0 Å². The Labute approximate surface area is 201 Å². The molecule has 13 heteroatoms. The van der Waals surface area contributed by atoms with Crippen molar-refractivity contribution >= 4 is 0 Å². The normalized spacial score (nSPS) is 27.8. The monoisotopic (exact) mass is 554 g/mol. The molecule has 2 saturated carbocycles. The molecule has 0 unspecified atom stereocenters. The quantitative estimate of drug-likeness (QED) is 0.236. The summed E-state index contributed by atoms with van der Waals surface area (Å²) in [4.78, 5) is 0. The molecule has 36 heavy (non-hydrogen) atoms. The summed E-state index contributed by atoms with van der Waals surface area (Å²) in [5.74, 6) is -37.9. The molecule has 0 heterocycles. The second kappa shape index (κ2) is 10.7. The van der Waals surface area contributed by atoms with Gasteiger partial charge in [0.15, 0.2) is 0 Å². The minimum atomic E-state index is -7.82. The first-order valence-corrected chi connectivity index (χ1v) is 12.2. The van der Waals surface area contributed by atoms with Crippen LogP contribution >= 0.6 is 0 Å². The molecule has 0 nitrogen and oxygen atoms in total. The van der Waals surface area contributed by atoms with E-state index in [1.54, 1.807) is 0 Å². The van der Waals surface area contributed by atoms with E-state index >= 15 is 0 Å². The molecule has 214 valence electrons. The average Bonchev–Trinajstić information content (AvgIpc) is 2.78. The van der Waals surface area contributed by atoms with Crippen molar-refractivity contribution in [2.24, 2.45) is 23.7 Å². The lowest BCUT2D eigenvalue weighted by Crippen LogP contribution is -2.71. The Bertz CT molecular complexity index is 697. The van der Waals surface area contributed by atoms with Gasteiger partial charge in [-0.3, -0.25) is 0 Å². The van der Waals surface area contributed by atoms with Crippen LogP contribution in [0.1, 0.15) is 84.0 Å². The van der Waals surface area contributed by atoms with E-state index in [0.717, 1.165) is 44.9 Å². The summed E-state index contributed by atoms with van der Waals surface area (Å²) in [6.07, 6.45) is -1.32. The van der Waals surface area contributed by atoms with Gasteiger partial charge in [0.25, 0.3) is 0 Å². The molecular weight excluding hydrogens is 523 g/mol. The van der Waals surface area contributed by atoms with E-state index in [2.05, 4.69) is 6.92 Å². The van der Waals surface area contributed by atoms with Crippen LogP contribution in [0.15, 0.2) is 0 Å². The zero-order valence-corrected chi connectivity index (χ0v) is 19.7. The molecular formula is C23H31F13. The standard InChI is InChI=1S/C23H31F13/c1-2-3-14-4-6-15(7-5-14)8-9-16-10-12-17(13-11-16)18(24,25)19(26,27)20(28,29)21(30,31)22(32,33)23(34,35)36/h14-17H,2-13H2,1H3/t14-,15-,16-,17-. The number of rotatable bonds is 10. The molecule has 0 aromatic carbocycles. The zero-order valence-electron chi connectivity index (χ0n) is 19.7. The van der Waals surface area contributed by atoms with Crippen LogP contribution in [-0.4, -0.2) is 35.8 Å². The van der Waals surface area contributed by atoms with Crippen molar-refractivity contribution in [2.75, 3.05) is 0 Å². The van der Waals surface area contributed by atoms with Crippen molar-refractivity contribution in [3.63, 3.8) is 0 Å². The van der Waals surface area contributed by atoms with Crippen molar-refractivity contribution in [1.29, 1.82) is 0 Å². The van der Waals surface area contributed by atoms with E-state index in [4.69, 9.17) is 0 Å². The molecule has 0 aromatic rings. The molecule has 0 aromatic heterocycles. The summed E-state index contributed by atoms with van der Waals surface area (Å²) in [5, 5.41) is 0. The highest BCUT2D eigenvalue weighted by molar-refractivity contribution is 5.11. The largest absolute Gasteiger partial charge is 0.460 e. The molecule has 2 rings (SSSR count). The summed E-state index contributed by atoms with van der Waals surface area (Å²) in [6, 6.07) is 0. The Morgan fingerprint density at radius 1 is 0.444 bits per heavy atom. The maximum absolute atomic E-state index is 14.4. The van der Waals surface area contributed by atoms with Gasteiger partial charge < -0.3 is 0 Å². The highest BCUT2D eigenvalue weighted by Crippen LogP contribution is 2.62. The lowest BCUT2D eigenvalue weighted by atomic mass is 9.72. The molecule has 2 aliphatic carbocycles. The first-order chi connectivity index (χ1) is 16.2. The van der Waals surface area contributed by atoms with Gasteiger partial charge in [0.05, 0.1) is 0 Å². The van der Waals surface area contributed by atoms with Gasteiger partial charge in [0.2, 0.25) is 0 Å². The molecule has 0 saturated heterocycles. The predicted octanol–water partition coefficient (Wildman–Crippen LogP) is 9.92. The molecule has 0 amide bonds. The van der Waals surface area contributed by atoms with E-state index in [-0.39, 0.29) is 18.8 Å².